The van der Waals surface area contributed by atoms with E-state index in [-0.39, 0.29) is 6.10 Å². The molecule has 0 aliphatic heterocycles. The van der Waals surface area contributed by atoms with Crippen LogP contribution >= 0.6 is 0 Å². The topological polar surface area (TPSA) is 32.7 Å². The highest BCUT2D eigenvalue weighted by molar-refractivity contribution is 4.84. The van der Waals surface area contributed by atoms with E-state index in [4.69, 9.17) is 4.74 Å². The third-order valence-corrected chi connectivity index (χ3v) is 4.24. The largest absolute Gasteiger partial charge is 0.389 e. The second-order valence-electron chi connectivity index (χ2n) is 6.00. The third kappa shape index (κ3) is 4.87. The maximum Gasteiger partial charge on any atom is 0.0900 e. The van der Waals surface area contributed by atoms with Crippen LogP contribution in [0.5, 0.6) is 0 Å². The maximum absolute atomic E-state index is 10.0. The molecule has 2 aliphatic rings. The van der Waals surface area contributed by atoms with Gasteiger partial charge in [0, 0.05) is 25.7 Å². The Kier molecular flexibility index (Phi) is 5.93. The van der Waals surface area contributed by atoms with Crippen LogP contribution in [-0.2, 0) is 4.74 Å². The van der Waals surface area contributed by atoms with Crippen molar-refractivity contribution >= 4 is 0 Å². The highest BCUT2D eigenvalue weighted by Gasteiger charge is 2.29. The second-order valence-corrected chi connectivity index (χ2v) is 6.00. The average Bonchev–Trinajstić information content (AvgIpc) is 3.20. The fourth-order valence-corrected chi connectivity index (χ4v) is 3.03. The molecule has 0 aromatic heterocycles. The van der Waals surface area contributed by atoms with Gasteiger partial charge in [-0.05, 0) is 38.5 Å². The number of nitrogens with zero attached hydrogens (tertiary/aromatic N) is 1. The van der Waals surface area contributed by atoms with Gasteiger partial charge in [-0.3, -0.25) is 4.90 Å². The Hall–Kier alpha value is -0.120. The molecule has 0 spiro atoms. The number of ether oxygens (including phenoxy) is 1. The summed E-state index contributed by atoms with van der Waals surface area (Å²) in [5.74, 6) is 0.909. The zero-order valence-electron chi connectivity index (χ0n) is 11.8. The summed E-state index contributed by atoms with van der Waals surface area (Å²) in [6.07, 6.45) is 9.26. The summed E-state index contributed by atoms with van der Waals surface area (Å²) in [4.78, 5) is 2.56. The van der Waals surface area contributed by atoms with Crippen LogP contribution < -0.4 is 0 Å². The fourth-order valence-electron chi connectivity index (χ4n) is 3.03. The van der Waals surface area contributed by atoms with E-state index < -0.39 is 0 Å². The Morgan fingerprint density at radius 2 is 1.89 bits per heavy atom. The van der Waals surface area contributed by atoms with E-state index in [1.165, 1.54) is 51.5 Å². The van der Waals surface area contributed by atoms with Crippen LogP contribution in [0.15, 0.2) is 0 Å². The lowest BCUT2D eigenvalue weighted by Crippen LogP contribution is -2.43. The van der Waals surface area contributed by atoms with Crippen molar-refractivity contribution in [3.05, 3.63) is 0 Å². The molecule has 2 rings (SSSR count). The van der Waals surface area contributed by atoms with Crippen LogP contribution in [0.1, 0.15) is 51.9 Å². The number of aliphatic hydroxyl groups is 1. The van der Waals surface area contributed by atoms with Gasteiger partial charge in [-0.15, -0.1) is 0 Å². The average molecular weight is 255 g/mol. The molecule has 18 heavy (non-hydrogen) atoms. The van der Waals surface area contributed by atoms with E-state index in [1.807, 2.05) is 6.92 Å². The molecule has 0 saturated heterocycles. The minimum absolute atomic E-state index is 0.314. The monoisotopic (exact) mass is 255 g/mol. The van der Waals surface area contributed by atoms with E-state index in [0.29, 0.717) is 13.2 Å². The Bertz CT molecular complexity index is 225. The number of rotatable bonds is 8. The molecule has 3 heteroatoms. The molecule has 3 nitrogen and oxygen atoms in total. The van der Waals surface area contributed by atoms with Crippen LogP contribution in [-0.4, -0.2) is 48.5 Å². The van der Waals surface area contributed by atoms with Gasteiger partial charge in [0.1, 0.15) is 0 Å². The Morgan fingerprint density at radius 1 is 1.17 bits per heavy atom. The minimum Gasteiger partial charge on any atom is -0.389 e. The van der Waals surface area contributed by atoms with Crippen LogP contribution in [0.3, 0.4) is 0 Å². The fraction of sp³-hybridized carbons (Fsp3) is 1.00. The Labute approximate surface area is 112 Å². The van der Waals surface area contributed by atoms with Gasteiger partial charge in [0.2, 0.25) is 0 Å². The first-order valence-electron chi connectivity index (χ1n) is 7.79. The van der Waals surface area contributed by atoms with E-state index >= 15 is 0 Å². The van der Waals surface area contributed by atoms with Crippen molar-refractivity contribution in [2.24, 2.45) is 5.92 Å². The summed E-state index contributed by atoms with van der Waals surface area (Å²) < 4.78 is 5.33. The van der Waals surface area contributed by atoms with Crippen LogP contribution in [0, 0.1) is 5.92 Å². The quantitative estimate of drug-likeness (QED) is 0.723. The summed E-state index contributed by atoms with van der Waals surface area (Å²) in [5.41, 5.74) is 0. The van der Waals surface area contributed by atoms with Gasteiger partial charge in [-0.1, -0.05) is 19.3 Å². The third-order valence-electron chi connectivity index (χ3n) is 4.24. The number of hydrogen-bond donors (Lipinski definition) is 1. The van der Waals surface area contributed by atoms with Crippen LogP contribution in [0.4, 0.5) is 0 Å². The van der Waals surface area contributed by atoms with E-state index in [0.717, 1.165) is 18.5 Å². The Balaban J connectivity index is 1.78. The smallest absolute Gasteiger partial charge is 0.0900 e. The van der Waals surface area contributed by atoms with Gasteiger partial charge in [-0.2, -0.15) is 0 Å². The molecule has 0 radical (unpaired) electrons. The number of hydrogen-bond acceptors (Lipinski definition) is 3. The van der Waals surface area contributed by atoms with Crippen molar-refractivity contribution in [1.82, 2.24) is 4.90 Å². The van der Waals surface area contributed by atoms with Crippen molar-refractivity contribution in [2.45, 2.75) is 64.0 Å². The molecule has 0 aromatic rings. The lowest BCUT2D eigenvalue weighted by molar-refractivity contribution is 0.00678. The van der Waals surface area contributed by atoms with Crippen molar-refractivity contribution in [2.75, 3.05) is 26.3 Å². The first-order chi connectivity index (χ1) is 8.79. The lowest BCUT2D eigenvalue weighted by Gasteiger charge is -2.35. The first-order valence-corrected chi connectivity index (χ1v) is 7.79. The molecule has 0 heterocycles. The molecule has 2 saturated carbocycles. The van der Waals surface area contributed by atoms with E-state index in [1.54, 1.807) is 0 Å². The number of aliphatic hydroxyl groups excluding tert-OH is 1. The van der Waals surface area contributed by atoms with E-state index in [9.17, 15) is 5.11 Å². The van der Waals surface area contributed by atoms with Crippen molar-refractivity contribution in [3.8, 4) is 0 Å². The van der Waals surface area contributed by atoms with Gasteiger partial charge in [-0.25, -0.2) is 0 Å². The van der Waals surface area contributed by atoms with Crippen LogP contribution in [0.25, 0.3) is 0 Å². The van der Waals surface area contributed by atoms with Gasteiger partial charge in [0.15, 0.2) is 0 Å². The standard InChI is InChI=1S/C15H29NO2/c1-2-18-12-15(17)11-16(10-13-8-9-13)14-6-4-3-5-7-14/h13-15,17H,2-12H2,1H3. The zero-order valence-corrected chi connectivity index (χ0v) is 11.8. The Morgan fingerprint density at radius 3 is 2.50 bits per heavy atom. The molecule has 1 N–H and O–H groups in total. The SMILES string of the molecule is CCOCC(O)CN(CC1CC1)C1CCCCC1. The summed E-state index contributed by atoms with van der Waals surface area (Å²) in [6.45, 7) is 5.18. The highest BCUT2D eigenvalue weighted by Crippen LogP contribution is 2.32. The predicted molar refractivity (Wildman–Crippen MR) is 73.7 cm³/mol. The van der Waals surface area contributed by atoms with Crippen molar-refractivity contribution < 1.29 is 9.84 Å². The van der Waals surface area contributed by atoms with Gasteiger partial charge >= 0.3 is 0 Å². The molecule has 1 atom stereocenters. The summed E-state index contributed by atoms with van der Waals surface area (Å²) in [7, 11) is 0. The molecule has 1 unspecified atom stereocenters. The molecular formula is C15H29NO2. The summed E-state index contributed by atoms with van der Waals surface area (Å²) in [6, 6.07) is 0.718. The molecule has 2 aliphatic carbocycles. The highest BCUT2D eigenvalue weighted by atomic mass is 16.5. The molecule has 106 valence electrons. The molecule has 0 amide bonds. The predicted octanol–water partition coefficient (Wildman–Crippen LogP) is 2.43. The summed E-state index contributed by atoms with van der Waals surface area (Å²) in [5, 5.41) is 10.0. The second kappa shape index (κ2) is 7.46. The van der Waals surface area contributed by atoms with Crippen LogP contribution in [0.2, 0.25) is 0 Å². The molecular weight excluding hydrogens is 226 g/mol. The van der Waals surface area contributed by atoms with Crippen molar-refractivity contribution in [1.29, 1.82) is 0 Å². The lowest BCUT2D eigenvalue weighted by atomic mass is 9.93. The molecule has 0 bridgehead atoms. The molecule has 0 aromatic carbocycles. The first kappa shape index (κ1) is 14.3. The van der Waals surface area contributed by atoms with Gasteiger partial charge in [0.25, 0.3) is 0 Å². The molecule has 2 fully saturated rings. The van der Waals surface area contributed by atoms with Gasteiger partial charge in [0.05, 0.1) is 12.7 Å². The van der Waals surface area contributed by atoms with E-state index in [2.05, 4.69) is 4.90 Å². The minimum atomic E-state index is -0.314. The van der Waals surface area contributed by atoms with Gasteiger partial charge < -0.3 is 9.84 Å². The zero-order chi connectivity index (χ0) is 12.8. The normalized spacial score (nSPS) is 23.5. The summed E-state index contributed by atoms with van der Waals surface area (Å²) >= 11 is 0. The maximum atomic E-state index is 10.0. The van der Waals surface area contributed by atoms with Crippen molar-refractivity contribution in [3.63, 3.8) is 0 Å².